The molecule has 8 nitrogen and oxygen atoms in total. The molecule has 35 heavy (non-hydrogen) atoms. The van der Waals surface area contributed by atoms with E-state index in [0.717, 1.165) is 11.1 Å². The Kier molecular flexibility index (Phi) is 6.21. The van der Waals surface area contributed by atoms with Gasteiger partial charge in [0.1, 0.15) is 5.82 Å². The summed E-state index contributed by atoms with van der Waals surface area (Å²) in [5.41, 5.74) is 3.88. The summed E-state index contributed by atoms with van der Waals surface area (Å²) in [7, 11) is -3.36. The van der Waals surface area contributed by atoms with Crippen molar-refractivity contribution in [2.75, 3.05) is 16.6 Å². The second kappa shape index (κ2) is 9.46. The van der Waals surface area contributed by atoms with E-state index >= 15 is 0 Å². The molecular weight excluding hydrogens is 469 g/mol. The molecule has 1 saturated carbocycles. The van der Waals surface area contributed by atoms with E-state index < -0.39 is 10.0 Å². The first-order valence-electron chi connectivity index (χ1n) is 11.3. The minimum absolute atomic E-state index is 0.290. The highest BCUT2D eigenvalue weighted by Gasteiger charge is 2.35. The zero-order valence-corrected chi connectivity index (χ0v) is 19.8. The van der Waals surface area contributed by atoms with Gasteiger partial charge >= 0.3 is 0 Å². The molecule has 5 rings (SSSR count). The number of fused-ring (bicyclic) bond motifs is 1. The third-order valence-corrected chi connectivity index (χ3v) is 7.41. The summed E-state index contributed by atoms with van der Waals surface area (Å²) in [6.45, 7) is 2.68. The van der Waals surface area contributed by atoms with Crippen LogP contribution in [0.25, 0.3) is 22.3 Å². The third kappa shape index (κ3) is 5.32. The Morgan fingerprint density at radius 3 is 2.57 bits per heavy atom. The smallest absolute Gasteiger partial charge is 0.245 e. The topological polar surface area (TPSA) is 106 Å². The van der Waals surface area contributed by atoms with Crippen molar-refractivity contribution >= 4 is 32.7 Å². The number of halogens is 1. The molecule has 0 radical (unpaired) electrons. The molecule has 2 aromatic heterocycles. The van der Waals surface area contributed by atoms with Crippen molar-refractivity contribution in [2.24, 2.45) is 0 Å². The van der Waals surface area contributed by atoms with Crippen LogP contribution in [0, 0.1) is 5.82 Å². The fraction of sp³-hybridized carbons (Fsp3) is 0.240. The predicted octanol–water partition coefficient (Wildman–Crippen LogP) is 4.75. The molecule has 2 aromatic carbocycles. The van der Waals surface area contributed by atoms with E-state index in [1.807, 2.05) is 25.1 Å². The summed E-state index contributed by atoms with van der Waals surface area (Å²) in [6, 6.07) is 17.0. The molecule has 0 amide bonds. The fourth-order valence-corrected chi connectivity index (χ4v) is 4.99. The molecule has 0 unspecified atom stereocenters. The molecule has 0 saturated heterocycles. The Balaban J connectivity index is 1.43. The zero-order valence-electron chi connectivity index (χ0n) is 19.0. The molecule has 1 aliphatic rings. The van der Waals surface area contributed by atoms with Crippen molar-refractivity contribution in [3.05, 3.63) is 72.0 Å². The van der Waals surface area contributed by atoms with Crippen molar-refractivity contribution in [2.45, 2.75) is 31.6 Å². The number of benzene rings is 2. The van der Waals surface area contributed by atoms with E-state index in [-0.39, 0.29) is 11.1 Å². The Labute approximate surface area is 202 Å². The number of sulfonamides is 1. The first-order chi connectivity index (χ1) is 16.9. The number of nitrogens with zero attached hydrogens (tertiary/aromatic N) is 3. The molecular formula is C25H24FN5O3S. The van der Waals surface area contributed by atoms with Crippen molar-refractivity contribution in [3.63, 3.8) is 0 Å². The molecule has 2 heterocycles. The Hall–Kier alpha value is -3.79. The van der Waals surface area contributed by atoms with Gasteiger partial charge in [0.15, 0.2) is 5.52 Å². The summed E-state index contributed by atoms with van der Waals surface area (Å²) in [6.07, 6.45) is 1.39. The van der Waals surface area contributed by atoms with Gasteiger partial charge in [-0.1, -0.05) is 24.3 Å². The predicted molar refractivity (Wildman–Crippen MR) is 133 cm³/mol. The van der Waals surface area contributed by atoms with Crippen LogP contribution >= 0.6 is 0 Å². The number of nitrogens with one attached hydrogen (secondary N) is 2. The van der Waals surface area contributed by atoms with Gasteiger partial charge in [-0.15, -0.1) is 0 Å². The average molecular weight is 494 g/mol. The zero-order chi connectivity index (χ0) is 24.4. The minimum Gasteiger partial charge on any atom is -0.476 e. The van der Waals surface area contributed by atoms with Crippen LogP contribution in [0.5, 0.6) is 5.88 Å². The normalized spacial score (nSPS) is 13.5. The monoisotopic (exact) mass is 493 g/mol. The van der Waals surface area contributed by atoms with Crippen molar-refractivity contribution < 1.29 is 17.5 Å². The van der Waals surface area contributed by atoms with Crippen LogP contribution in [-0.2, 0) is 16.6 Å². The molecule has 180 valence electrons. The van der Waals surface area contributed by atoms with E-state index in [2.05, 4.69) is 20.0 Å². The Morgan fingerprint density at radius 2 is 1.83 bits per heavy atom. The van der Waals surface area contributed by atoms with Gasteiger partial charge in [0.25, 0.3) is 0 Å². The Bertz CT molecular complexity index is 1470. The lowest BCUT2D eigenvalue weighted by molar-refractivity contribution is 0.330. The van der Waals surface area contributed by atoms with Crippen LogP contribution < -0.4 is 14.8 Å². The van der Waals surface area contributed by atoms with Gasteiger partial charge in [0.05, 0.1) is 23.1 Å². The molecule has 4 aromatic rings. The van der Waals surface area contributed by atoms with Crippen molar-refractivity contribution in [3.8, 4) is 17.1 Å². The maximum absolute atomic E-state index is 13.1. The Morgan fingerprint density at radius 1 is 1.03 bits per heavy atom. The third-order valence-electron chi connectivity index (χ3n) is 5.54. The van der Waals surface area contributed by atoms with E-state index in [0.29, 0.717) is 60.2 Å². The average Bonchev–Trinajstić information content (AvgIpc) is 3.70. The lowest BCUT2D eigenvalue weighted by atomic mass is 10.1. The summed E-state index contributed by atoms with van der Waals surface area (Å²) in [4.78, 5) is 13.7. The van der Waals surface area contributed by atoms with Gasteiger partial charge in [-0.25, -0.2) is 22.8 Å². The second-order valence-electron chi connectivity index (χ2n) is 8.26. The van der Waals surface area contributed by atoms with Crippen LogP contribution in [0.4, 0.5) is 16.0 Å². The molecule has 0 bridgehead atoms. The largest absolute Gasteiger partial charge is 0.476 e. The lowest BCUT2D eigenvalue weighted by Crippen LogP contribution is -2.17. The van der Waals surface area contributed by atoms with Gasteiger partial charge in [-0.3, -0.25) is 4.72 Å². The van der Waals surface area contributed by atoms with E-state index in [4.69, 9.17) is 9.72 Å². The van der Waals surface area contributed by atoms with Crippen molar-refractivity contribution in [1.29, 1.82) is 0 Å². The first kappa shape index (κ1) is 23.0. The van der Waals surface area contributed by atoms with Crippen LogP contribution in [0.15, 0.2) is 60.7 Å². The van der Waals surface area contributed by atoms with Gasteiger partial charge in [0, 0.05) is 17.8 Å². The number of hydrogen-bond acceptors (Lipinski definition) is 7. The lowest BCUT2D eigenvalue weighted by Gasteiger charge is -2.12. The number of ether oxygens (including phenoxy) is 1. The molecule has 2 N–H and O–H groups in total. The number of pyridine rings is 1. The van der Waals surface area contributed by atoms with E-state index in [9.17, 15) is 12.8 Å². The number of aromatic nitrogens is 3. The van der Waals surface area contributed by atoms with Crippen LogP contribution in [-0.4, -0.2) is 35.2 Å². The second-order valence-corrected chi connectivity index (χ2v) is 10.2. The summed E-state index contributed by atoms with van der Waals surface area (Å²) in [5.74, 6) is 0.421. The highest BCUT2D eigenvalue weighted by molar-refractivity contribution is 7.93. The molecule has 0 spiro atoms. The fourth-order valence-electron chi connectivity index (χ4n) is 3.62. The standard InChI is InChI=1S/C25H24FN5O3S/c1-2-34-24-23-22(29-25(30-24)27-15-16-6-8-18(26)9-7-16)13-12-21(28-23)17-4-3-5-19(14-17)31-35(32,33)20-10-11-20/h3-9,12-14,20,31H,2,10-11,15H2,1H3,(H,27,29,30). The molecule has 0 aliphatic heterocycles. The van der Waals surface area contributed by atoms with Gasteiger partial charge in [-0.2, -0.15) is 4.98 Å². The van der Waals surface area contributed by atoms with E-state index in [1.165, 1.54) is 12.1 Å². The maximum Gasteiger partial charge on any atom is 0.245 e. The first-order valence-corrected chi connectivity index (χ1v) is 12.9. The molecule has 0 atom stereocenters. The highest BCUT2D eigenvalue weighted by atomic mass is 32.2. The summed E-state index contributed by atoms with van der Waals surface area (Å²) in [5, 5.41) is 2.84. The van der Waals surface area contributed by atoms with Crippen LogP contribution in [0.1, 0.15) is 25.3 Å². The number of hydrogen-bond donors (Lipinski definition) is 2. The highest BCUT2D eigenvalue weighted by Crippen LogP contribution is 2.31. The van der Waals surface area contributed by atoms with E-state index in [1.54, 1.807) is 30.3 Å². The van der Waals surface area contributed by atoms with Crippen LogP contribution in [0.3, 0.4) is 0 Å². The minimum atomic E-state index is -3.36. The van der Waals surface area contributed by atoms with Crippen molar-refractivity contribution in [1.82, 2.24) is 15.0 Å². The van der Waals surface area contributed by atoms with Crippen LogP contribution in [0.2, 0.25) is 0 Å². The molecule has 10 heteroatoms. The number of rotatable bonds is 9. The quantitative estimate of drug-likeness (QED) is 0.347. The van der Waals surface area contributed by atoms with Gasteiger partial charge in [0.2, 0.25) is 21.9 Å². The summed E-state index contributed by atoms with van der Waals surface area (Å²) >= 11 is 0. The molecule has 1 aliphatic carbocycles. The number of anilines is 2. The van der Waals surface area contributed by atoms with Gasteiger partial charge in [-0.05, 0) is 61.7 Å². The van der Waals surface area contributed by atoms with Gasteiger partial charge < -0.3 is 10.1 Å². The molecule has 1 fully saturated rings. The SMILES string of the molecule is CCOc1nc(NCc2ccc(F)cc2)nc2ccc(-c3cccc(NS(=O)(=O)C4CC4)c3)nc12. The summed E-state index contributed by atoms with van der Waals surface area (Å²) < 4.78 is 46.2. The maximum atomic E-state index is 13.1.